The first-order valence-corrected chi connectivity index (χ1v) is 6.89. The van der Waals surface area contributed by atoms with Crippen LogP contribution in [0, 0.1) is 0 Å². The smallest absolute Gasteiger partial charge is 0.116 e. The second-order valence-corrected chi connectivity index (χ2v) is 5.77. The number of aliphatic hydroxyl groups is 1. The number of hydrogen-bond acceptors (Lipinski definition) is 2. The van der Waals surface area contributed by atoms with Gasteiger partial charge in [0.2, 0.25) is 0 Å². The van der Waals surface area contributed by atoms with Crippen molar-refractivity contribution in [3.63, 3.8) is 0 Å². The van der Waals surface area contributed by atoms with Crippen LogP contribution in [0.4, 0.5) is 0 Å². The molecule has 1 unspecified atom stereocenters. The second kappa shape index (κ2) is 5.07. The van der Waals surface area contributed by atoms with Crippen molar-refractivity contribution in [2.24, 2.45) is 0 Å². The summed E-state index contributed by atoms with van der Waals surface area (Å²) in [6.45, 7) is 0. The maximum Gasteiger partial charge on any atom is 0.116 e. The van der Waals surface area contributed by atoms with E-state index in [4.69, 9.17) is 23.2 Å². The molecule has 84 valence electrons. The highest BCUT2D eigenvalue weighted by Crippen LogP contribution is 2.37. The molecule has 1 aromatic heterocycles. The molecule has 1 aromatic carbocycles. The van der Waals surface area contributed by atoms with E-state index < -0.39 is 6.10 Å². The van der Waals surface area contributed by atoms with E-state index in [0.29, 0.717) is 20.5 Å². The largest absolute Gasteiger partial charge is 0.383 e. The van der Waals surface area contributed by atoms with E-state index in [1.807, 2.05) is 17.5 Å². The van der Waals surface area contributed by atoms with Crippen molar-refractivity contribution < 1.29 is 5.11 Å². The fourth-order valence-electron chi connectivity index (χ4n) is 1.37. The van der Waals surface area contributed by atoms with Crippen LogP contribution in [0.2, 0.25) is 10.0 Å². The lowest BCUT2D eigenvalue weighted by molar-refractivity contribution is 0.224. The Bertz CT molecular complexity index is 512. The molecule has 0 saturated heterocycles. The first-order valence-electron chi connectivity index (χ1n) is 4.46. The molecule has 0 aliphatic rings. The van der Waals surface area contributed by atoms with Gasteiger partial charge in [-0.2, -0.15) is 0 Å². The van der Waals surface area contributed by atoms with Crippen LogP contribution in [0.15, 0.2) is 34.1 Å². The number of rotatable bonds is 2. The number of aliphatic hydroxyl groups excluding tert-OH is 1. The fourth-order valence-corrected chi connectivity index (χ4v) is 3.15. The Morgan fingerprint density at radius 1 is 1.25 bits per heavy atom. The van der Waals surface area contributed by atoms with Crippen LogP contribution in [-0.4, -0.2) is 5.11 Å². The molecule has 1 heterocycles. The van der Waals surface area contributed by atoms with Gasteiger partial charge in [0.05, 0.1) is 14.9 Å². The summed E-state index contributed by atoms with van der Waals surface area (Å²) in [5, 5.41) is 13.1. The molecule has 1 atom stereocenters. The maximum atomic E-state index is 10.2. The van der Waals surface area contributed by atoms with Gasteiger partial charge in [0, 0.05) is 10.0 Å². The molecule has 0 aliphatic carbocycles. The van der Waals surface area contributed by atoms with Gasteiger partial charge in [-0.1, -0.05) is 35.3 Å². The average molecular weight is 338 g/mol. The minimum absolute atomic E-state index is 0.513. The Labute approximate surface area is 116 Å². The molecule has 2 rings (SSSR count). The second-order valence-electron chi connectivity index (χ2n) is 3.18. The highest BCUT2D eigenvalue weighted by Gasteiger charge is 2.18. The predicted octanol–water partition coefficient (Wildman–Crippen LogP) is 4.90. The highest BCUT2D eigenvalue weighted by molar-refractivity contribution is 9.10. The molecule has 0 radical (unpaired) electrons. The zero-order valence-electron chi connectivity index (χ0n) is 7.95. The van der Waals surface area contributed by atoms with Gasteiger partial charge >= 0.3 is 0 Å². The van der Waals surface area contributed by atoms with Gasteiger partial charge in [-0.25, -0.2) is 0 Å². The van der Waals surface area contributed by atoms with E-state index in [1.165, 1.54) is 11.3 Å². The Kier molecular flexibility index (Phi) is 3.93. The van der Waals surface area contributed by atoms with Gasteiger partial charge in [-0.05, 0) is 33.4 Å². The van der Waals surface area contributed by atoms with Crippen LogP contribution in [0.1, 0.15) is 16.5 Å². The molecular weight excluding hydrogens is 331 g/mol. The average Bonchev–Trinajstić information content (AvgIpc) is 2.68. The minimum atomic E-state index is -0.780. The van der Waals surface area contributed by atoms with E-state index in [2.05, 4.69) is 15.9 Å². The van der Waals surface area contributed by atoms with Crippen molar-refractivity contribution in [1.29, 1.82) is 0 Å². The molecule has 0 fully saturated rings. The summed E-state index contributed by atoms with van der Waals surface area (Å²) in [7, 11) is 0. The van der Waals surface area contributed by atoms with Crippen molar-refractivity contribution in [2.75, 3.05) is 0 Å². The summed E-state index contributed by atoms with van der Waals surface area (Å²) >= 11 is 16.8. The lowest BCUT2D eigenvalue weighted by atomic mass is 10.1. The zero-order valence-corrected chi connectivity index (χ0v) is 11.9. The molecule has 0 bridgehead atoms. The first-order chi connectivity index (χ1) is 7.61. The Morgan fingerprint density at radius 3 is 2.62 bits per heavy atom. The monoisotopic (exact) mass is 336 g/mol. The highest BCUT2D eigenvalue weighted by atomic mass is 79.9. The standard InChI is InChI=1S/C11H7BrCl2OS/c12-7-3-1-2-6(9(7)14)10(15)11-8(13)4-5-16-11/h1-5,10,15H. The number of hydrogen-bond donors (Lipinski definition) is 1. The molecule has 0 spiro atoms. The number of thiophene rings is 1. The Hall–Kier alpha value is -0.0600. The first kappa shape index (κ1) is 12.4. The van der Waals surface area contributed by atoms with Crippen molar-refractivity contribution >= 4 is 50.5 Å². The summed E-state index contributed by atoms with van der Waals surface area (Å²) < 4.78 is 0.762. The van der Waals surface area contributed by atoms with Crippen LogP contribution < -0.4 is 0 Å². The number of halogens is 3. The fraction of sp³-hybridized carbons (Fsp3) is 0.0909. The molecule has 0 saturated carbocycles. The van der Waals surface area contributed by atoms with Gasteiger partial charge in [-0.3, -0.25) is 0 Å². The third-order valence-electron chi connectivity index (χ3n) is 2.17. The van der Waals surface area contributed by atoms with Crippen molar-refractivity contribution in [3.8, 4) is 0 Å². The summed E-state index contributed by atoms with van der Waals surface area (Å²) in [6, 6.07) is 7.20. The van der Waals surface area contributed by atoms with E-state index in [1.54, 1.807) is 12.1 Å². The van der Waals surface area contributed by atoms with Crippen molar-refractivity contribution in [2.45, 2.75) is 6.10 Å². The van der Waals surface area contributed by atoms with Crippen LogP contribution in [0.3, 0.4) is 0 Å². The molecule has 2 aromatic rings. The van der Waals surface area contributed by atoms with Gasteiger partial charge in [-0.15, -0.1) is 11.3 Å². The molecule has 5 heteroatoms. The summed E-state index contributed by atoms with van der Waals surface area (Å²) in [6.07, 6.45) is -0.780. The van der Waals surface area contributed by atoms with E-state index >= 15 is 0 Å². The van der Waals surface area contributed by atoms with Crippen LogP contribution in [-0.2, 0) is 0 Å². The third-order valence-corrected chi connectivity index (χ3v) is 4.89. The quantitative estimate of drug-likeness (QED) is 0.826. The number of benzene rings is 1. The zero-order chi connectivity index (χ0) is 11.7. The summed E-state index contributed by atoms with van der Waals surface area (Å²) in [4.78, 5) is 0.710. The van der Waals surface area contributed by atoms with E-state index in [9.17, 15) is 5.11 Å². The van der Waals surface area contributed by atoms with Crippen molar-refractivity contribution in [3.05, 3.63) is 54.6 Å². The topological polar surface area (TPSA) is 20.2 Å². The Balaban J connectivity index is 2.46. The minimum Gasteiger partial charge on any atom is -0.383 e. The van der Waals surface area contributed by atoms with Gasteiger partial charge in [0.15, 0.2) is 0 Å². The predicted molar refractivity (Wildman–Crippen MR) is 72.5 cm³/mol. The van der Waals surface area contributed by atoms with Gasteiger partial charge in [0.25, 0.3) is 0 Å². The molecule has 0 aliphatic heterocycles. The van der Waals surface area contributed by atoms with Gasteiger partial charge < -0.3 is 5.11 Å². The SMILES string of the molecule is OC(c1cccc(Br)c1Cl)c1sccc1Cl. The third kappa shape index (κ3) is 2.29. The molecular formula is C11H7BrCl2OS. The van der Waals surface area contributed by atoms with Crippen LogP contribution >= 0.6 is 50.5 Å². The summed E-state index contributed by atoms with van der Waals surface area (Å²) in [5.41, 5.74) is 0.653. The lowest BCUT2D eigenvalue weighted by Gasteiger charge is -2.12. The molecule has 16 heavy (non-hydrogen) atoms. The van der Waals surface area contributed by atoms with Crippen LogP contribution in [0.25, 0.3) is 0 Å². The summed E-state index contributed by atoms with van der Waals surface area (Å²) in [5.74, 6) is 0. The van der Waals surface area contributed by atoms with E-state index in [-0.39, 0.29) is 0 Å². The van der Waals surface area contributed by atoms with Crippen molar-refractivity contribution in [1.82, 2.24) is 0 Å². The Morgan fingerprint density at radius 2 is 2.00 bits per heavy atom. The van der Waals surface area contributed by atoms with Crippen LogP contribution in [0.5, 0.6) is 0 Å². The normalized spacial score (nSPS) is 12.8. The van der Waals surface area contributed by atoms with Gasteiger partial charge in [0.1, 0.15) is 6.10 Å². The lowest BCUT2D eigenvalue weighted by Crippen LogP contribution is -1.98. The molecule has 0 amide bonds. The molecule has 1 nitrogen and oxygen atoms in total. The van der Waals surface area contributed by atoms with E-state index in [0.717, 1.165) is 4.47 Å². The molecule has 1 N–H and O–H groups in total. The maximum absolute atomic E-state index is 10.2.